The molecular weight excluding hydrogens is 288 g/mol. The Hall–Kier alpha value is -2.49. The van der Waals surface area contributed by atoms with Gasteiger partial charge in [-0.2, -0.15) is 0 Å². The molecule has 122 valence electrons. The summed E-state index contributed by atoms with van der Waals surface area (Å²) in [6, 6.07) is 15.3. The van der Waals surface area contributed by atoms with Crippen LogP contribution in [0.2, 0.25) is 0 Å². The van der Waals surface area contributed by atoms with Gasteiger partial charge in [-0.3, -0.25) is 0 Å². The minimum Gasteiger partial charge on any atom is -0.471 e. The van der Waals surface area contributed by atoms with Crippen molar-refractivity contribution >= 4 is 11.7 Å². The normalized spacial score (nSPS) is 11.9. The molecule has 4 heteroatoms. The molecule has 0 spiro atoms. The molecule has 2 aromatic carbocycles. The van der Waals surface area contributed by atoms with Crippen LogP contribution in [0.15, 0.2) is 48.5 Å². The van der Waals surface area contributed by atoms with Gasteiger partial charge in [-0.15, -0.1) is 0 Å². The summed E-state index contributed by atoms with van der Waals surface area (Å²) in [7, 11) is 0. The van der Waals surface area contributed by atoms with E-state index in [1.54, 1.807) is 6.92 Å². The van der Waals surface area contributed by atoms with Crippen molar-refractivity contribution in [3.63, 3.8) is 0 Å². The van der Waals surface area contributed by atoms with E-state index in [1.165, 1.54) is 5.56 Å². The minimum atomic E-state index is -0.427. The van der Waals surface area contributed by atoms with Gasteiger partial charge in [0.15, 0.2) is 6.23 Å². The van der Waals surface area contributed by atoms with Crippen molar-refractivity contribution in [1.29, 1.82) is 0 Å². The molecule has 0 fully saturated rings. The number of nitrogens with one attached hydrogen (secondary N) is 2. The van der Waals surface area contributed by atoms with E-state index in [2.05, 4.69) is 24.5 Å². The molecule has 2 amide bonds. The van der Waals surface area contributed by atoms with Crippen LogP contribution in [0.25, 0.3) is 0 Å². The summed E-state index contributed by atoms with van der Waals surface area (Å²) in [6.07, 6.45) is -0.427. The first-order valence-corrected chi connectivity index (χ1v) is 7.85. The highest BCUT2D eigenvalue weighted by atomic mass is 16.5. The summed E-state index contributed by atoms with van der Waals surface area (Å²) < 4.78 is 5.72. The number of para-hydroxylation sites is 1. The maximum atomic E-state index is 12.0. The third kappa shape index (κ3) is 5.02. The fraction of sp³-hybridized carbons (Fsp3) is 0.316. The average Bonchev–Trinajstić information content (AvgIpc) is 2.50. The number of carbonyl (C=O) groups excluding carboxylic acids is 1. The first-order chi connectivity index (χ1) is 11.0. The number of urea groups is 1. The van der Waals surface area contributed by atoms with Crippen LogP contribution in [-0.2, 0) is 0 Å². The fourth-order valence-corrected chi connectivity index (χ4v) is 2.22. The first kappa shape index (κ1) is 16.9. The standard InChI is InChI=1S/C19H24N2O2/c1-13(2)16-9-11-17(12-10-16)23-15(4)20-19(22)21-18-8-6-5-7-14(18)3/h5-13,15H,1-4H3,(H2,20,21,22). The Labute approximate surface area is 137 Å². The summed E-state index contributed by atoms with van der Waals surface area (Å²) in [4.78, 5) is 12.0. The molecule has 0 saturated heterocycles. The van der Waals surface area contributed by atoms with E-state index in [4.69, 9.17) is 4.74 Å². The second-order valence-corrected chi connectivity index (χ2v) is 5.90. The Balaban J connectivity index is 1.87. The van der Waals surface area contributed by atoms with Gasteiger partial charge in [-0.1, -0.05) is 44.2 Å². The van der Waals surface area contributed by atoms with Gasteiger partial charge < -0.3 is 15.4 Å². The zero-order chi connectivity index (χ0) is 16.8. The number of amides is 2. The number of carbonyl (C=O) groups is 1. The molecule has 0 heterocycles. The summed E-state index contributed by atoms with van der Waals surface area (Å²) in [6.45, 7) is 8.05. The molecule has 2 N–H and O–H groups in total. The van der Waals surface area contributed by atoms with Crippen LogP contribution in [-0.4, -0.2) is 12.3 Å². The summed E-state index contributed by atoms with van der Waals surface area (Å²) >= 11 is 0. The molecule has 0 radical (unpaired) electrons. The quantitative estimate of drug-likeness (QED) is 0.789. The molecule has 4 nitrogen and oxygen atoms in total. The van der Waals surface area contributed by atoms with Gasteiger partial charge in [0.05, 0.1) is 0 Å². The molecular formula is C19H24N2O2. The van der Waals surface area contributed by atoms with Crippen molar-refractivity contribution in [3.05, 3.63) is 59.7 Å². The van der Waals surface area contributed by atoms with Gasteiger partial charge in [0, 0.05) is 5.69 Å². The predicted octanol–water partition coefficient (Wildman–Crippen LogP) is 4.66. The topological polar surface area (TPSA) is 50.4 Å². The SMILES string of the molecule is Cc1ccccc1NC(=O)NC(C)Oc1ccc(C(C)C)cc1. The largest absolute Gasteiger partial charge is 0.471 e. The number of rotatable bonds is 5. The average molecular weight is 312 g/mol. The highest BCUT2D eigenvalue weighted by Gasteiger charge is 2.10. The molecule has 1 atom stereocenters. The van der Waals surface area contributed by atoms with E-state index in [9.17, 15) is 4.79 Å². The summed E-state index contributed by atoms with van der Waals surface area (Å²) in [5, 5.41) is 5.59. The zero-order valence-electron chi connectivity index (χ0n) is 14.1. The number of hydrogen-bond donors (Lipinski definition) is 2. The van der Waals surface area contributed by atoms with Gasteiger partial charge >= 0.3 is 6.03 Å². The van der Waals surface area contributed by atoms with Gasteiger partial charge in [-0.05, 0) is 49.1 Å². The molecule has 0 aliphatic heterocycles. The van der Waals surface area contributed by atoms with Crippen molar-refractivity contribution in [3.8, 4) is 5.75 Å². The molecule has 0 aliphatic carbocycles. The monoisotopic (exact) mass is 312 g/mol. The van der Waals surface area contributed by atoms with Gasteiger partial charge in [0.2, 0.25) is 0 Å². The molecule has 1 unspecified atom stereocenters. The molecule has 0 bridgehead atoms. The molecule has 23 heavy (non-hydrogen) atoms. The van der Waals surface area contributed by atoms with Crippen molar-refractivity contribution < 1.29 is 9.53 Å². The summed E-state index contributed by atoms with van der Waals surface area (Å²) in [5.74, 6) is 1.22. The van der Waals surface area contributed by atoms with Crippen molar-refractivity contribution in [1.82, 2.24) is 5.32 Å². The summed E-state index contributed by atoms with van der Waals surface area (Å²) in [5.41, 5.74) is 3.06. The minimum absolute atomic E-state index is 0.286. The van der Waals surface area contributed by atoms with E-state index in [-0.39, 0.29) is 6.03 Å². The Morgan fingerprint density at radius 2 is 1.65 bits per heavy atom. The number of ether oxygens (including phenoxy) is 1. The fourth-order valence-electron chi connectivity index (χ4n) is 2.22. The lowest BCUT2D eigenvalue weighted by Gasteiger charge is -2.17. The maximum absolute atomic E-state index is 12.0. The van der Waals surface area contributed by atoms with Gasteiger partial charge in [-0.25, -0.2) is 4.79 Å². The zero-order valence-corrected chi connectivity index (χ0v) is 14.1. The van der Waals surface area contributed by atoms with E-state index in [0.29, 0.717) is 5.92 Å². The van der Waals surface area contributed by atoms with Crippen LogP contribution < -0.4 is 15.4 Å². The highest BCUT2D eigenvalue weighted by molar-refractivity contribution is 5.90. The smallest absolute Gasteiger partial charge is 0.322 e. The van der Waals surface area contributed by atoms with Gasteiger partial charge in [0.25, 0.3) is 0 Å². The van der Waals surface area contributed by atoms with E-state index < -0.39 is 6.23 Å². The number of hydrogen-bond acceptors (Lipinski definition) is 2. The predicted molar refractivity (Wildman–Crippen MR) is 94.0 cm³/mol. The lowest BCUT2D eigenvalue weighted by atomic mass is 10.0. The van der Waals surface area contributed by atoms with Crippen molar-refractivity contribution in [2.24, 2.45) is 0 Å². The van der Waals surface area contributed by atoms with E-state index >= 15 is 0 Å². The van der Waals surface area contributed by atoms with Crippen LogP contribution in [0, 0.1) is 6.92 Å². The third-order valence-electron chi connectivity index (χ3n) is 3.59. The van der Waals surface area contributed by atoms with Crippen LogP contribution in [0.5, 0.6) is 5.75 Å². The molecule has 0 aliphatic rings. The maximum Gasteiger partial charge on any atom is 0.322 e. The molecule has 0 aromatic heterocycles. The number of aryl methyl sites for hydroxylation is 1. The number of anilines is 1. The van der Waals surface area contributed by atoms with E-state index in [0.717, 1.165) is 17.0 Å². The Kier molecular flexibility index (Phi) is 5.63. The van der Waals surface area contributed by atoms with Crippen LogP contribution >= 0.6 is 0 Å². The Morgan fingerprint density at radius 1 is 1.00 bits per heavy atom. The second-order valence-electron chi connectivity index (χ2n) is 5.90. The first-order valence-electron chi connectivity index (χ1n) is 7.85. The molecule has 2 aromatic rings. The Bertz CT molecular complexity index is 651. The van der Waals surface area contributed by atoms with Gasteiger partial charge in [0.1, 0.15) is 5.75 Å². The van der Waals surface area contributed by atoms with Crippen LogP contribution in [0.3, 0.4) is 0 Å². The van der Waals surface area contributed by atoms with Crippen LogP contribution in [0.4, 0.5) is 10.5 Å². The van der Waals surface area contributed by atoms with E-state index in [1.807, 2.05) is 55.5 Å². The second kappa shape index (κ2) is 7.68. The molecule has 0 saturated carbocycles. The lowest BCUT2D eigenvalue weighted by Crippen LogP contribution is -2.39. The molecule has 2 rings (SSSR count). The van der Waals surface area contributed by atoms with Crippen LogP contribution in [0.1, 0.15) is 37.8 Å². The highest BCUT2D eigenvalue weighted by Crippen LogP contribution is 2.19. The Morgan fingerprint density at radius 3 is 2.26 bits per heavy atom. The van der Waals surface area contributed by atoms with Crippen molar-refractivity contribution in [2.75, 3.05) is 5.32 Å². The van der Waals surface area contributed by atoms with Crippen molar-refractivity contribution in [2.45, 2.75) is 39.8 Å². The third-order valence-corrected chi connectivity index (χ3v) is 3.59. The lowest BCUT2D eigenvalue weighted by molar-refractivity contribution is 0.183. The number of benzene rings is 2.